The third-order valence-electron chi connectivity index (χ3n) is 5.44. The Balaban J connectivity index is 1.89. The van der Waals surface area contributed by atoms with Crippen LogP contribution in [-0.4, -0.2) is 51.0 Å². The van der Waals surface area contributed by atoms with Gasteiger partial charge in [0.1, 0.15) is 29.5 Å². The van der Waals surface area contributed by atoms with Crippen molar-refractivity contribution >= 4 is 5.91 Å². The fraction of sp³-hybridized carbons (Fsp3) is 0.250. The fourth-order valence-electron chi connectivity index (χ4n) is 4.25. The number of amides is 1. The van der Waals surface area contributed by atoms with Gasteiger partial charge in [-0.3, -0.25) is 9.89 Å². The van der Waals surface area contributed by atoms with Crippen molar-refractivity contribution in [3.63, 3.8) is 0 Å². The van der Waals surface area contributed by atoms with E-state index in [-0.39, 0.29) is 24.8 Å². The fourth-order valence-corrected chi connectivity index (χ4v) is 4.25. The van der Waals surface area contributed by atoms with Crippen molar-refractivity contribution in [1.82, 2.24) is 15.1 Å². The third-order valence-corrected chi connectivity index (χ3v) is 5.44. The zero-order valence-corrected chi connectivity index (χ0v) is 17.6. The van der Waals surface area contributed by atoms with Crippen LogP contribution in [0.2, 0.25) is 0 Å². The number of aromatic amines is 1. The number of rotatable bonds is 7. The predicted molar refractivity (Wildman–Crippen MR) is 117 cm³/mol. The Kier molecular flexibility index (Phi) is 5.52. The van der Waals surface area contributed by atoms with Crippen LogP contribution in [0.4, 0.5) is 0 Å². The van der Waals surface area contributed by atoms with Crippen LogP contribution >= 0.6 is 0 Å². The monoisotopic (exact) mass is 419 g/mol. The molecule has 0 spiro atoms. The van der Waals surface area contributed by atoms with Crippen LogP contribution in [0.15, 0.2) is 49.1 Å². The number of phenolic OH excluding ortho intramolecular Hbond substituents is 1. The van der Waals surface area contributed by atoms with Gasteiger partial charge in [-0.1, -0.05) is 30.9 Å². The lowest BCUT2D eigenvalue weighted by Crippen LogP contribution is -2.32. The Labute approximate surface area is 180 Å². The Hall–Kier alpha value is -3.58. The van der Waals surface area contributed by atoms with Gasteiger partial charge in [0, 0.05) is 17.7 Å². The second-order valence-corrected chi connectivity index (χ2v) is 7.63. The number of nitrogens with zero attached hydrogens (tertiary/aromatic N) is 2. The first kappa shape index (κ1) is 20.7. The first-order valence-electron chi connectivity index (χ1n) is 10.1. The summed E-state index contributed by atoms with van der Waals surface area (Å²) in [4.78, 5) is 14.7. The van der Waals surface area contributed by atoms with Gasteiger partial charge in [-0.2, -0.15) is 5.10 Å². The summed E-state index contributed by atoms with van der Waals surface area (Å²) in [6, 6.07) is 10.7. The zero-order valence-electron chi connectivity index (χ0n) is 17.6. The summed E-state index contributed by atoms with van der Waals surface area (Å²) >= 11 is 0. The van der Waals surface area contributed by atoms with E-state index in [0.717, 1.165) is 16.7 Å². The maximum Gasteiger partial charge on any atom is 0.273 e. The number of aromatic hydroxyl groups is 1. The van der Waals surface area contributed by atoms with E-state index >= 15 is 0 Å². The molecular formula is C24H25N3O4. The third kappa shape index (κ3) is 3.57. The number of carbonyl (C=O) groups excluding carboxylic acids is 1. The Morgan fingerprint density at radius 1 is 1.29 bits per heavy atom. The smallest absolute Gasteiger partial charge is 0.273 e. The molecule has 0 radical (unpaired) electrons. The number of nitrogens with one attached hydrogen (secondary N) is 1. The molecular weight excluding hydrogens is 394 g/mol. The van der Waals surface area contributed by atoms with Gasteiger partial charge < -0.3 is 19.8 Å². The highest BCUT2D eigenvalue weighted by atomic mass is 16.5. The number of aromatic nitrogens is 2. The molecule has 1 atom stereocenters. The SMILES string of the molecule is C=CCOc1cccc(C2c3c(-c4c(C)cc(C)cc4O)n[nH]c3C(=O)N2CCO)c1. The maximum absolute atomic E-state index is 13.1. The topological polar surface area (TPSA) is 98.7 Å². The number of aliphatic hydroxyl groups excluding tert-OH is 1. The largest absolute Gasteiger partial charge is 0.507 e. The summed E-state index contributed by atoms with van der Waals surface area (Å²) in [5, 5.41) is 27.6. The van der Waals surface area contributed by atoms with Crippen LogP contribution < -0.4 is 4.74 Å². The molecule has 2 aromatic carbocycles. The van der Waals surface area contributed by atoms with Gasteiger partial charge in [0.15, 0.2) is 0 Å². The number of fused-ring (bicyclic) bond motifs is 1. The summed E-state index contributed by atoms with van der Waals surface area (Å²) in [5.41, 5.74) is 4.79. The number of hydrogen-bond donors (Lipinski definition) is 3. The normalized spacial score (nSPS) is 15.3. The van der Waals surface area contributed by atoms with Crippen LogP contribution in [0.5, 0.6) is 11.5 Å². The second kappa shape index (κ2) is 8.28. The Morgan fingerprint density at radius 2 is 2.10 bits per heavy atom. The lowest BCUT2D eigenvalue weighted by atomic mass is 9.93. The van der Waals surface area contributed by atoms with E-state index in [0.29, 0.717) is 34.9 Å². The van der Waals surface area contributed by atoms with Gasteiger partial charge in [-0.15, -0.1) is 0 Å². The Bertz CT molecular complexity index is 1130. The molecule has 4 rings (SSSR count). The number of phenols is 1. The maximum atomic E-state index is 13.1. The summed E-state index contributed by atoms with van der Waals surface area (Å²) in [6.45, 7) is 7.86. The molecule has 160 valence electrons. The molecule has 3 aromatic rings. The molecule has 0 bridgehead atoms. The van der Waals surface area contributed by atoms with Gasteiger partial charge in [-0.05, 0) is 48.7 Å². The highest BCUT2D eigenvalue weighted by molar-refractivity contribution is 6.00. The number of benzene rings is 2. The predicted octanol–water partition coefficient (Wildman–Crippen LogP) is 3.50. The van der Waals surface area contributed by atoms with Crippen LogP contribution in [0.1, 0.15) is 38.8 Å². The molecule has 1 aromatic heterocycles. The van der Waals surface area contributed by atoms with Crippen molar-refractivity contribution in [3.8, 4) is 22.8 Å². The summed E-state index contributed by atoms with van der Waals surface area (Å²) in [6.07, 6.45) is 1.67. The van der Waals surface area contributed by atoms with E-state index in [1.54, 1.807) is 17.0 Å². The van der Waals surface area contributed by atoms with Gasteiger partial charge >= 0.3 is 0 Å². The molecule has 1 aliphatic heterocycles. The molecule has 1 amide bonds. The number of hydrogen-bond acceptors (Lipinski definition) is 5. The second-order valence-electron chi connectivity index (χ2n) is 7.63. The van der Waals surface area contributed by atoms with Crippen LogP contribution in [-0.2, 0) is 0 Å². The molecule has 3 N–H and O–H groups in total. The number of H-pyrrole nitrogens is 1. The first-order chi connectivity index (χ1) is 15.0. The molecule has 2 heterocycles. The highest BCUT2D eigenvalue weighted by Crippen LogP contribution is 2.45. The van der Waals surface area contributed by atoms with Crippen molar-refractivity contribution in [2.45, 2.75) is 19.9 Å². The molecule has 0 saturated carbocycles. The zero-order chi connectivity index (χ0) is 22.1. The lowest BCUT2D eigenvalue weighted by Gasteiger charge is -2.26. The summed E-state index contributed by atoms with van der Waals surface area (Å²) in [7, 11) is 0. The number of ether oxygens (including phenoxy) is 1. The average Bonchev–Trinajstić information content (AvgIpc) is 3.26. The molecule has 0 aliphatic carbocycles. The average molecular weight is 419 g/mol. The van der Waals surface area contributed by atoms with Crippen LogP contribution in [0.3, 0.4) is 0 Å². The lowest BCUT2D eigenvalue weighted by molar-refractivity contribution is 0.0706. The summed E-state index contributed by atoms with van der Waals surface area (Å²) in [5.74, 6) is 0.526. The van der Waals surface area contributed by atoms with Crippen molar-refractivity contribution < 1.29 is 19.7 Å². The van der Waals surface area contributed by atoms with E-state index in [1.807, 2.05) is 44.2 Å². The van der Waals surface area contributed by atoms with Gasteiger partial charge in [0.2, 0.25) is 0 Å². The van der Waals surface area contributed by atoms with Crippen LogP contribution in [0, 0.1) is 13.8 Å². The minimum absolute atomic E-state index is 0.113. The standard InChI is InChI=1S/C24H25N3O4/c1-4-10-31-17-7-5-6-16(13-17)23-20-21(19-15(3)11-14(2)12-18(19)29)25-26-22(20)24(30)27(23)8-9-28/h4-7,11-13,23,28-29H,1,8-10H2,2-3H3,(H,25,26). The minimum atomic E-state index is -0.476. The molecule has 1 unspecified atom stereocenters. The molecule has 7 nitrogen and oxygen atoms in total. The highest BCUT2D eigenvalue weighted by Gasteiger charge is 2.42. The molecule has 7 heteroatoms. The van der Waals surface area contributed by atoms with Crippen molar-refractivity contribution in [1.29, 1.82) is 0 Å². The van der Waals surface area contributed by atoms with E-state index in [9.17, 15) is 15.0 Å². The van der Waals surface area contributed by atoms with Crippen LogP contribution in [0.25, 0.3) is 11.3 Å². The molecule has 1 aliphatic rings. The van der Waals surface area contributed by atoms with Crippen molar-refractivity contribution in [3.05, 3.63) is 77.0 Å². The van der Waals surface area contributed by atoms with Crippen molar-refractivity contribution in [2.24, 2.45) is 0 Å². The number of aliphatic hydroxyl groups is 1. The number of aryl methyl sites for hydroxylation is 2. The van der Waals surface area contributed by atoms with E-state index in [1.165, 1.54) is 0 Å². The summed E-state index contributed by atoms with van der Waals surface area (Å²) < 4.78 is 5.68. The van der Waals surface area contributed by atoms with Gasteiger partial charge in [-0.25, -0.2) is 0 Å². The molecule has 31 heavy (non-hydrogen) atoms. The van der Waals surface area contributed by atoms with E-state index in [2.05, 4.69) is 16.8 Å². The molecule has 0 fully saturated rings. The minimum Gasteiger partial charge on any atom is -0.507 e. The molecule has 0 saturated heterocycles. The van der Waals surface area contributed by atoms with E-state index < -0.39 is 6.04 Å². The van der Waals surface area contributed by atoms with Crippen molar-refractivity contribution in [2.75, 3.05) is 19.8 Å². The Morgan fingerprint density at radius 3 is 2.81 bits per heavy atom. The van der Waals surface area contributed by atoms with Gasteiger partial charge in [0.05, 0.1) is 12.6 Å². The number of carbonyl (C=O) groups is 1. The van der Waals surface area contributed by atoms with Gasteiger partial charge in [0.25, 0.3) is 5.91 Å². The van der Waals surface area contributed by atoms with E-state index in [4.69, 9.17) is 4.74 Å². The quantitative estimate of drug-likeness (QED) is 0.509. The first-order valence-corrected chi connectivity index (χ1v) is 10.1. The number of β-amino-alcohol motifs (C(OH)–C–C–N with tert-alkyl or cyclic N) is 1.